The molecule has 200 valence electrons. The number of alkyl halides is 6. The number of rotatable bonds is 6. The Hall–Kier alpha value is -3.52. The predicted octanol–water partition coefficient (Wildman–Crippen LogP) is 5.47. The lowest BCUT2D eigenvalue weighted by molar-refractivity contribution is -0.173. The summed E-state index contributed by atoms with van der Waals surface area (Å²) in [6.07, 6.45) is -6.86. The summed E-state index contributed by atoms with van der Waals surface area (Å²) in [7, 11) is 0. The van der Waals surface area contributed by atoms with Gasteiger partial charge in [-0.05, 0) is 53.2 Å². The molecule has 38 heavy (non-hydrogen) atoms. The summed E-state index contributed by atoms with van der Waals surface area (Å²) in [5.74, 6) is -2.92. The summed E-state index contributed by atoms with van der Waals surface area (Å²) in [6.45, 7) is -1.20. The van der Waals surface area contributed by atoms with Crippen LogP contribution in [0.2, 0.25) is 5.02 Å². The van der Waals surface area contributed by atoms with E-state index in [0.717, 1.165) is 6.07 Å². The van der Waals surface area contributed by atoms with Crippen molar-refractivity contribution in [2.45, 2.75) is 18.9 Å². The first-order chi connectivity index (χ1) is 17.7. The van der Waals surface area contributed by atoms with E-state index in [-0.39, 0.29) is 22.0 Å². The second-order valence-electron chi connectivity index (χ2n) is 8.01. The number of benzene rings is 2. The van der Waals surface area contributed by atoms with E-state index in [4.69, 9.17) is 11.6 Å². The van der Waals surface area contributed by atoms with Crippen LogP contribution in [0, 0.1) is 0 Å². The van der Waals surface area contributed by atoms with Crippen LogP contribution in [0.15, 0.2) is 47.5 Å². The Kier molecular flexibility index (Phi) is 7.48. The van der Waals surface area contributed by atoms with Crippen molar-refractivity contribution in [3.63, 3.8) is 0 Å². The number of imide groups is 1. The molecule has 7 nitrogen and oxygen atoms in total. The predicted molar refractivity (Wildman–Crippen MR) is 127 cm³/mol. The smallest absolute Gasteiger partial charge is 0.346 e. The molecule has 0 spiro atoms. The Balaban J connectivity index is 1.50. The van der Waals surface area contributed by atoms with Gasteiger partial charge in [-0.15, -0.1) is 0 Å². The lowest BCUT2D eigenvalue weighted by Crippen LogP contribution is -2.42. The minimum absolute atomic E-state index is 0.0138. The molecule has 2 aromatic carbocycles. The van der Waals surface area contributed by atoms with Crippen molar-refractivity contribution in [3.05, 3.63) is 69.2 Å². The van der Waals surface area contributed by atoms with Gasteiger partial charge in [0.1, 0.15) is 0 Å². The molecule has 3 amide bonds. The first-order valence-electron chi connectivity index (χ1n) is 10.7. The Labute approximate surface area is 219 Å². The van der Waals surface area contributed by atoms with Crippen LogP contribution in [0.4, 0.5) is 31.1 Å². The van der Waals surface area contributed by atoms with Gasteiger partial charge in [0.25, 0.3) is 11.1 Å². The molecule has 1 aliphatic rings. The molecule has 0 saturated carbocycles. The zero-order valence-corrected chi connectivity index (χ0v) is 20.4. The van der Waals surface area contributed by atoms with Gasteiger partial charge >= 0.3 is 18.3 Å². The van der Waals surface area contributed by atoms with Crippen molar-refractivity contribution in [3.8, 4) is 0 Å². The quantitative estimate of drug-likeness (QED) is 0.311. The van der Waals surface area contributed by atoms with E-state index in [1.54, 1.807) is 23.5 Å². The van der Waals surface area contributed by atoms with Crippen molar-refractivity contribution in [2.75, 3.05) is 13.1 Å². The van der Waals surface area contributed by atoms with Crippen LogP contribution in [0.5, 0.6) is 0 Å². The largest absolute Gasteiger partial charge is 0.471 e. The molecule has 0 unspecified atom stereocenters. The summed E-state index contributed by atoms with van der Waals surface area (Å²) in [6, 6.07) is 8.25. The first-order valence-corrected chi connectivity index (χ1v) is 11.8. The van der Waals surface area contributed by atoms with Gasteiger partial charge < -0.3 is 5.32 Å². The molecule has 0 radical (unpaired) electrons. The molecule has 0 bridgehead atoms. The van der Waals surface area contributed by atoms with E-state index in [9.17, 15) is 40.7 Å². The van der Waals surface area contributed by atoms with Crippen molar-refractivity contribution in [1.29, 1.82) is 0 Å². The van der Waals surface area contributed by atoms with Crippen LogP contribution >= 0.6 is 23.4 Å². The summed E-state index contributed by atoms with van der Waals surface area (Å²) in [5.41, 5.74) is 0.0872. The molecule has 1 saturated heterocycles. The number of hydrogen-bond donors (Lipinski definition) is 1. The van der Waals surface area contributed by atoms with Gasteiger partial charge in [-0.2, -0.15) is 31.4 Å². The highest BCUT2D eigenvalue weighted by atomic mass is 35.5. The number of amides is 3. The van der Waals surface area contributed by atoms with E-state index in [1.807, 2.05) is 0 Å². The second kappa shape index (κ2) is 10.3. The Morgan fingerprint density at radius 3 is 2.50 bits per heavy atom. The zero-order chi connectivity index (χ0) is 27.8. The number of carbonyl (C=O) groups excluding carboxylic acids is 3. The van der Waals surface area contributed by atoms with Crippen LogP contribution in [-0.4, -0.2) is 51.0 Å². The molecular formula is C23H15ClF6N4O3S. The van der Waals surface area contributed by atoms with E-state index in [0.29, 0.717) is 33.1 Å². The van der Waals surface area contributed by atoms with Crippen molar-refractivity contribution < 1.29 is 40.7 Å². The highest BCUT2D eigenvalue weighted by Crippen LogP contribution is 2.35. The number of nitrogens with one attached hydrogen (secondary N) is 1. The van der Waals surface area contributed by atoms with Gasteiger partial charge in [0.15, 0.2) is 0 Å². The number of hydrogen-bond acceptors (Lipinski definition) is 5. The third-order valence-corrected chi connectivity index (χ3v) is 6.56. The van der Waals surface area contributed by atoms with Crippen LogP contribution in [0.3, 0.4) is 0 Å². The molecule has 1 fully saturated rings. The molecule has 2 heterocycles. The topological polar surface area (TPSA) is 84.3 Å². The van der Waals surface area contributed by atoms with Gasteiger partial charge in [-0.1, -0.05) is 23.7 Å². The zero-order valence-electron chi connectivity index (χ0n) is 18.9. The molecule has 0 aliphatic carbocycles. The monoisotopic (exact) mass is 576 g/mol. The standard InChI is InChI=1S/C23H15ClF6N4O3S/c24-15-3-2-13(16(9-15)22(25,26)27)11-34-17-4-1-12(7-14(17)10-32-34)8-18-19(35)33(21(37)38-18)6-5-31-20(36)23(28,29)30/h1-4,7-10H,5-6,11H2,(H,31,36). The molecule has 1 aromatic heterocycles. The maximum Gasteiger partial charge on any atom is 0.471 e. The summed E-state index contributed by atoms with van der Waals surface area (Å²) in [5, 5.41) is 5.55. The third kappa shape index (κ3) is 5.96. The minimum atomic E-state index is -5.08. The minimum Gasteiger partial charge on any atom is -0.346 e. The molecule has 0 atom stereocenters. The molecule has 15 heteroatoms. The maximum atomic E-state index is 13.4. The summed E-state index contributed by atoms with van der Waals surface area (Å²) < 4.78 is 78.5. The van der Waals surface area contributed by atoms with E-state index >= 15 is 0 Å². The number of aromatic nitrogens is 2. The maximum absolute atomic E-state index is 13.4. The van der Waals surface area contributed by atoms with Gasteiger partial charge in [0, 0.05) is 23.5 Å². The fraction of sp³-hybridized carbons (Fsp3) is 0.217. The highest BCUT2D eigenvalue weighted by molar-refractivity contribution is 8.18. The average molecular weight is 577 g/mol. The van der Waals surface area contributed by atoms with Crippen molar-refractivity contribution in [1.82, 2.24) is 20.0 Å². The van der Waals surface area contributed by atoms with E-state index in [1.165, 1.54) is 29.1 Å². The fourth-order valence-corrected chi connectivity index (χ4v) is 4.70. The van der Waals surface area contributed by atoms with Crippen LogP contribution < -0.4 is 5.32 Å². The molecule has 3 aromatic rings. The summed E-state index contributed by atoms with van der Waals surface area (Å²) in [4.78, 5) is 36.3. The number of halogens is 7. The lowest BCUT2D eigenvalue weighted by Gasteiger charge is -2.14. The molecule has 1 aliphatic heterocycles. The van der Waals surface area contributed by atoms with Crippen molar-refractivity contribution in [2.24, 2.45) is 0 Å². The van der Waals surface area contributed by atoms with Crippen LogP contribution in [-0.2, 0) is 22.3 Å². The SMILES string of the molecule is O=C1SC(=Cc2ccc3c(cnn3Cc3ccc(Cl)cc3C(F)(F)F)c2)C(=O)N1CCNC(=O)C(F)(F)F. The molecular weight excluding hydrogens is 562 g/mol. The van der Waals surface area contributed by atoms with Gasteiger partial charge in [0.05, 0.1) is 28.7 Å². The Morgan fingerprint density at radius 2 is 1.82 bits per heavy atom. The summed E-state index contributed by atoms with van der Waals surface area (Å²) >= 11 is 6.32. The Bertz CT molecular complexity index is 1470. The molecule has 1 N–H and O–H groups in total. The van der Waals surface area contributed by atoms with E-state index < -0.39 is 48.1 Å². The lowest BCUT2D eigenvalue weighted by atomic mass is 10.1. The molecule has 4 rings (SSSR count). The normalized spacial score (nSPS) is 15.7. The first kappa shape index (κ1) is 27.5. The number of carbonyl (C=O) groups is 3. The van der Waals surface area contributed by atoms with Gasteiger partial charge in [0.2, 0.25) is 0 Å². The second-order valence-corrected chi connectivity index (χ2v) is 9.44. The van der Waals surface area contributed by atoms with Crippen LogP contribution in [0.25, 0.3) is 17.0 Å². The average Bonchev–Trinajstić information content (AvgIpc) is 3.33. The van der Waals surface area contributed by atoms with E-state index in [2.05, 4.69) is 5.10 Å². The number of thioether (sulfide) groups is 1. The number of nitrogens with zero attached hydrogens (tertiary/aromatic N) is 3. The Morgan fingerprint density at radius 1 is 1.08 bits per heavy atom. The van der Waals surface area contributed by atoms with Gasteiger partial charge in [-0.25, -0.2) is 0 Å². The number of fused-ring (bicyclic) bond motifs is 1. The fourth-order valence-electron chi connectivity index (χ4n) is 3.66. The highest BCUT2D eigenvalue weighted by Gasteiger charge is 2.39. The van der Waals surface area contributed by atoms with Gasteiger partial charge in [-0.3, -0.25) is 24.0 Å². The van der Waals surface area contributed by atoms with Crippen LogP contribution in [0.1, 0.15) is 16.7 Å². The van der Waals surface area contributed by atoms with Crippen molar-refractivity contribution >= 4 is 57.4 Å². The third-order valence-electron chi connectivity index (χ3n) is 5.41.